The van der Waals surface area contributed by atoms with Gasteiger partial charge in [-0.15, -0.1) is 0 Å². The first kappa shape index (κ1) is 68.7. The molecule has 4 saturated carbocycles. The SMILES string of the molecule is CC(C)c1cc(C(C)C)c(S(=O)(=O)[O-])c(C(C)C)c1.CC1c2cccc3cccc(c23)C1C.CCC(C)c1ccc(O)cc1.CCC(C)c1ccc(OC(OC2C3CC4CC(C3)CC2C4)C(C)C)cc1.c1ccc([S+](c2ccccc2)c2ccccc2)cc1. The molecule has 89 heavy (non-hydrogen) atoms. The summed E-state index contributed by atoms with van der Waals surface area (Å²) in [6.07, 6.45) is 9.68. The third-order valence-corrected chi connectivity index (χ3v) is 22.5. The van der Waals surface area contributed by atoms with Gasteiger partial charge in [-0.3, -0.25) is 0 Å². The Morgan fingerprint density at radius 3 is 1.27 bits per heavy atom. The van der Waals surface area contributed by atoms with Crippen LogP contribution in [0.3, 0.4) is 0 Å². The molecule has 8 aromatic rings. The van der Waals surface area contributed by atoms with Crippen LogP contribution in [0.25, 0.3) is 10.8 Å². The van der Waals surface area contributed by atoms with Crippen molar-refractivity contribution in [2.24, 2.45) is 29.6 Å². The zero-order chi connectivity index (χ0) is 64.1. The summed E-state index contributed by atoms with van der Waals surface area (Å²) in [6, 6.07) is 65.3. The maximum atomic E-state index is 11.6. The Morgan fingerprint density at radius 1 is 0.506 bits per heavy atom. The van der Waals surface area contributed by atoms with Crippen LogP contribution in [0.15, 0.2) is 208 Å². The first-order chi connectivity index (χ1) is 42.6. The second-order valence-corrected chi connectivity index (χ2v) is 30.4. The molecule has 4 fully saturated rings. The molecule has 0 heterocycles. The first-order valence-corrected chi connectivity index (χ1v) is 35.9. The molecule has 5 aliphatic rings. The maximum Gasteiger partial charge on any atom is 0.202 e. The topological polar surface area (TPSA) is 95.9 Å². The molecule has 8 heteroatoms. The van der Waals surface area contributed by atoms with Crippen LogP contribution in [0.1, 0.15) is 222 Å². The second kappa shape index (κ2) is 31.7. The summed E-state index contributed by atoms with van der Waals surface area (Å²) in [5.41, 5.74) is 8.12. The molecule has 0 aliphatic heterocycles. The van der Waals surface area contributed by atoms with Crippen molar-refractivity contribution in [1.82, 2.24) is 0 Å². The molecular weight excluding hydrogens is 1130 g/mol. The summed E-state index contributed by atoms with van der Waals surface area (Å²) in [5.74, 6) is 8.07. The number of hydrogen-bond donors (Lipinski definition) is 1. The Morgan fingerprint density at radius 2 is 0.910 bits per heavy atom. The van der Waals surface area contributed by atoms with Gasteiger partial charge in [-0.2, -0.15) is 0 Å². The van der Waals surface area contributed by atoms with Gasteiger partial charge in [0.05, 0.1) is 21.9 Å². The molecule has 0 amide bonds. The largest absolute Gasteiger partial charge is 0.744 e. The van der Waals surface area contributed by atoms with Crippen LogP contribution in [0.4, 0.5) is 0 Å². The number of phenolic OH excluding ortho intramolecular Hbond substituents is 1. The van der Waals surface area contributed by atoms with Gasteiger partial charge in [0, 0.05) is 5.92 Å². The van der Waals surface area contributed by atoms with E-state index in [0.29, 0.717) is 58.5 Å². The number of rotatable bonds is 16. The molecule has 4 bridgehead atoms. The normalized spacial score (nSPS) is 20.6. The molecule has 0 radical (unpaired) electrons. The molecule has 13 rings (SSSR count). The average molecular weight is 1240 g/mol. The minimum Gasteiger partial charge on any atom is -0.744 e. The van der Waals surface area contributed by atoms with Gasteiger partial charge >= 0.3 is 0 Å². The highest BCUT2D eigenvalue weighted by Gasteiger charge is 2.50. The minimum atomic E-state index is -4.45. The highest BCUT2D eigenvalue weighted by Crippen LogP contribution is 2.55. The fourth-order valence-corrected chi connectivity index (χ4v) is 17.1. The quantitative estimate of drug-likeness (QED) is 0.0588. The summed E-state index contributed by atoms with van der Waals surface area (Å²) in [6.45, 7) is 29.8. The van der Waals surface area contributed by atoms with Gasteiger partial charge in [-0.05, 0) is 220 Å². The Bertz CT molecular complexity index is 3370. The molecule has 474 valence electrons. The fraction of sp³-hybridized carbons (Fsp3) is 0.432. The minimum absolute atomic E-state index is 0.00919. The van der Waals surface area contributed by atoms with Crippen molar-refractivity contribution in [2.45, 2.75) is 215 Å². The summed E-state index contributed by atoms with van der Waals surface area (Å²) < 4.78 is 47.8. The van der Waals surface area contributed by atoms with Crippen molar-refractivity contribution < 1.29 is 27.6 Å². The molecule has 5 unspecified atom stereocenters. The van der Waals surface area contributed by atoms with Crippen molar-refractivity contribution >= 4 is 31.8 Å². The Hall–Kier alpha value is -6.16. The standard InChI is InChI=1S/C24H36O2.C18H15S.C15H24O3S.C14H14.C10H14O/c1-5-16(4)19-6-8-22(9-7-19)25-24(15(2)3)26-23-20-11-17-10-18(13-20)14-21(23)12-17;1-4-10-16(11-5-1)19(17-12-6-2-7-13-17)18-14-8-3-9-15-18;1-9(2)12-7-13(10(3)4)15(19(16,17)18)14(8-12)11(5)6;1-9-10(2)13-8-4-6-11-5-3-7-12(9)14(11)13;1-3-8(2)9-4-6-10(11)7-5-9/h6-9,15-18,20-21,23-24H,5,10-14H2,1-4H3;1-15H;7-11H,1-6H3,(H,16,17,18);3-10H,1-2H3;4-8,11H,3H2,1-2H3/q;+1;;;/p-1. The maximum absolute atomic E-state index is 11.6. The monoisotopic (exact) mass is 1230 g/mol. The third-order valence-electron chi connectivity index (χ3n) is 19.3. The first-order valence-electron chi connectivity index (χ1n) is 33.3. The van der Waals surface area contributed by atoms with Gasteiger partial charge in [0.1, 0.15) is 21.6 Å². The van der Waals surface area contributed by atoms with E-state index in [2.05, 4.69) is 221 Å². The molecular formula is C81H102O6S2. The van der Waals surface area contributed by atoms with Crippen molar-refractivity contribution in [3.8, 4) is 11.5 Å². The van der Waals surface area contributed by atoms with Gasteiger partial charge in [-0.25, -0.2) is 8.42 Å². The Kier molecular flexibility index (Phi) is 24.5. The Labute approximate surface area is 539 Å². The van der Waals surface area contributed by atoms with Gasteiger partial charge in [0.2, 0.25) is 6.29 Å². The zero-order valence-electron chi connectivity index (χ0n) is 55.7. The van der Waals surface area contributed by atoms with E-state index >= 15 is 0 Å². The van der Waals surface area contributed by atoms with Crippen molar-refractivity contribution in [2.75, 3.05) is 0 Å². The number of ether oxygens (including phenoxy) is 2. The lowest BCUT2D eigenvalue weighted by molar-refractivity contribution is -0.210. The van der Waals surface area contributed by atoms with E-state index in [9.17, 15) is 13.0 Å². The van der Waals surface area contributed by atoms with Gasteiger partial charge in [0.25, 0.3) is 0 Å². The smallest absolute Gasteiger partial charge is 0.202 e. The van der Waals surface area contributed by atoms with Crippen LogP contribution in [0.5, 0.6) is 11.5 Å². The summed E-state index contributed by atoms with van der Waals surface area (Å²) in [4.78, 5) is 4.07. The number of hydrogen-bond acceptors (Lipinski definition) is 6. The average Bonchev–Trinajstić information content (AvgIpc) is 1.86. The van der Waals surface area contributed by atoms with Crippen molar-refractivity contribution in [3.05, 3.63) is 227 Å². The van der Waals surface area contributed by atoms with E-state index in [1.165, 1.54) is 86.2 Å². The van der Waals surface area contributed by atoms with Gasteiger partial charge in [-0.1, -0.05) is 224 Å². The number of aromatic hydroxyl groups is 1. The van der Waals surface area contributed by atoms with Gasteiger partial charge in [0.15, 0.2) is 14.7 Å². The molecule has 0 aromatic heterocycles. The highest BCUT2D eigenvalue weighted by atomic mass is 32.2. The molecule has 0 saturated heterocycles. The molecule has 1 N–H and O–H groups in total. The predicted octanol–water partition coefficient (Wildman–Crippen LogP) is 22.1. The van der Waals surface area contributed by atoms with E-state index in [1.54, 1.807) is 12.1 Å². The summed E-state index contributed by atoms with van der Waals surface area (Å²) >= 11 is 0. The van der Waals surface area contributed by atoms with E-state index in [-0.39, 0.29) is 33.9 Å². The zero-order valence-corrected chi connectivity index (χ0v) is 57.4. The van der Waals surface area contributed by atoms with E-state index < -0.39 is 10.1 Å². The fourth-order valence-electron chi connectivity index (χ4n) is 13.8. The Balaban J connectivity index is 0.000000148. The molecule has 8 aromatic carbocycles. The lowest BCUT2D eigenvalue weighted by atomic mass is 9.55. The van der Waals surface area contributed by atoms with E-state index in [4.69, 9.17) is 14.6 Å². The summed E-state index contributed by atoms with van der Waals surface area (Å²) in [5, 5.41) is 11.9. The molecule has 0 spiro atoms. The number of phenols is 1. The highest BCUT2D eigenvalue weighted by molar-refractivity contribution is 7.97. The number of benzene rings is 8. The van der Waals surface area contributed by atoms with Gasteiger partial charge < -0.3 is 19.1 Å². The van der Waals surface area contributed by atoms with Crippen molar-refractivity contribution in [1.29, 1.82) is 0 Å². The molecule has 5 aliphatic carbocycles. The third kappa shape index (κ3) is 17.7. The molecule has 5 atom stereocenters. The van der Waals surface area contributed by atoms with Crippen LogP contribution < -0.4 is 4.74 Å². The van der Waals surface area contributed by atoms with Crippen LogP contribution in [0.2, 0.25) is 0 Å². The lowest BCUT2D eigenvalue weighted by Gasteiger charge is -2.54. The predicted molar refractivity (Wildman–Crippen MR) is 372 cm³/mol. The summed E-state index contributed by atoms with van der Waals surface area (Å²) in [7, 11) is -4.46. The van der Waals surface area contributed by atoms with E-state index in [0.717, 1.165) is 41.4 Å². The molecule has 6 nitrogen and oxygen atoms in total. The second-order valence-electron chi connectivity index (χ2n) is 27.1. The van der Waals surface area contributed by atoms with E-state index in [1.807, 2.05) is 52.0 Å². The van der Waals surface area contributed by atoms with Crippen LogP contribution in [-0.4, -0.2) is 30.5 Å². The van der Waals surface area contributed by atoms with Crippen LogP contribution in [-0.2, 0) is 25.7 Å². The van der Waals surface area contributed by atoms with Crippen LogP contribution >= 0.6 is 0 Å². The van der Waals surface area contributed by atoms with Crippen molar-refractivity contribution in [3.63, 3.8) is 0 Å². The lowest BCUT2D eigenvalue weighted by Crippen LogP contribution is -2.51. The van der Waals surface area contributed by atoms with Crippen LogP contribution in [0, 0.1) is 29.6 Å².